The van der Waals surface area contributed by atoms with Crippen LogP contribution < -0.4 is 15.6 Å². The quantitative estimate of drug-likeness (QED) is 0.0494. The molecule has 0 aliphatic carbocycles. The number of nitrogens with one attached hydrogen (secondary N) is 2. The van der Waals surface area contributed by atoms with E-state index >= 15 is 0 Å². The van der Waals surface area contributed by atoms with Gasteiger partial charge >= 0.3 is 29.3 Å². The summed E-state index contributed by atoms with van der Waals surface area (Å²) in [6.45, 7) is -0.646. The number of nitrogens with zero attached hydrogens (tertiary/aromatic N) is 2. The minimum absolute atomic E-state index is 0.0210. The molecule has 0 spiro atoms. The number of carbonyl (C=O) groups is 1. The van der Waals surface area contributed by atoms with E-state index in [4.69, 9.17) is 24.8 Å². The normalized spacial score (nSPS) is 21.3. The number of ether oxygens (including phenoxy) is 1. The largest absolute Gasteiger partial charge is 0.536 e. The van der Waals surface area contributed by atoms with Gasteiger partial charge in [-0.3, -0.25) is 9.69 Å². The number of nitrogens with two attached hydrogens (primary N) is 1. The molecule has 3 heterocycles. The highest BCUT2D eigenvalue weighted by Gasteiger charge is 2.42. The number of nitro groups is 1. The molecule has 47 heavy (non-hydrogen) atoms. The Kier molecular flexibility index (Phi) is 11.1. The summed E-state index contributed by atoms with van der Waals surface area (Å²) in [5.74, 6) is 4.00. The first-order chi connectivity index (χ1) is 21.9. The standard InChI is InChI=1S/C23H28N5O16P3/c24-17(23(31)25-5-1-2-13-6-21(28(32)33)27(11-13)22-9-19(30)20(12-29)41-22)7-14-10-26-18-4-3-15(8-16(14)18)42-46(37,38)44-47(39,40)43-45(34,35)36/h3-4,6,8,10-11,17,19-20,22,26,29-30H,5,7,9,12,24H2,(H,25,31)(H,37,38)(H,39,40)(H2,34,35,36)/t17-,19-,20+,22+/m0/s1. The number of rotatable bonds is 13. The summed E-state index contributed by atoms with van der Waals surface area (Å²) in [6.07, 6.45) is 0.0306. The molecule has 10 N–H and O–H groups in total. The summed E-state index contributed by atoms with van der Waals surface area (Å²) in [5, 5.41) is 33.6. The third-order valence-corrected chi connectivity index (χ3v) is 10.2. The molecule has 1 fully saturated rings. The summed E-state index contributed by atoms with van der Waals surface area (Å²) < 4.78 is 53.3. The van der Waals surface area contributed by atoms with Gasteiger partial charge in [0.05, 0.1) is 36.9 Å². The van der Waals surface area contributed by atoms with Gasteiger partial charge in [-0.25, -0.2) is 18.3 Å². The van der Waals surface area contributed by atoms with Crippen LogP contribution >= 0.6 is 23.5 Å². The Bertz CT molecular complexity index is 1860. The van der Waals surface area contributed by atoms with Crippen molar-refractivity contribution in [3.05, 3.63) is 57.9 Å². The molecule has 4 rings (SSSR count). The molecule has 0 saturated carbocycles. The molecule has 2 unspecified atom stereocenters. The summed E-state index contributed by atoms with van der Waals surface area (Å²) >= 11 is 0. The van der Waals surface area contributed by atoms with Gasteiger partial charge in [0, 0.05) is 23.5 Å². The Labute approximate surface area is 263 Å². The van der Waals surface area contributed by atoms with E-state index < -0.39 is 65.4 Å². The predicted octanol–water partition coefficient (Wildman–Crippen LogP) is 0.261. The van der Waals surface area contributed by atoms with Crippen molar-refractivity contribution in [1.82, 2.24) is 14.9 Å². The molecular formula is C23H28N5O16P3. The topological polar surface area (TPSA) is 328 Å². The van der Waals surface area contributed by atoms with Crippen LogP contribution in [0.1, 0.15) is 23.8 Å². The number of hydrogen-bond acceptors (Lipinski definition) is 13. The smallest absolute Gasteiger partial charge is 0.404 e. The van der Waals surface area contributed by atoms with Crippen LogP contribution in [0.15, 0.2) is 36.7 Å². The molecule has 1 saturated heterocycles. The number of fused-ring (bicyclic) bond motifs is 1. The van der Waals surface area contributed by atoms with Crippen LogP contribution in [0.5, 0.6) is 5.75 Å². The number of amides is 1. The zero-order valence-corrected chi connectivity index (χ0v) is 26.4. The second-order valence-corrected chi connectivity index (χ2v) is 14.2. The molecule has 256 valence electrons. The van der Waals surface area contributed by atoms with E-state index in [0.29, 0.717) is 16.5 Å². The van der Waals surface area contributed by atoms with Crippen molar-refractivity contribution in [2.45, 2.75) is 37.3 Å². The van der Waals surface area contributed by atoms with Crippen LogP contribution in [-0.4, -0.2) is 81.6 Å². The molecule has 0 radical (unpaired) electrons. The maximum atomic E-state index is 12.6. The maximum Gasteiger partial charge on any atom is 0.536 e. The van der Waals surface area contributed by atoms with Gasteiger partial charge in [0.25, 0.3) is 0 Å². The van der Waals surface area contributed by atoms with Crippen molar-refractivity contribution in [1.29, 1.82) is 0 Å². The predicted molar refractivity (Wildman–Crippen MR) is 157 cm³/mol. The molecule has 1 aromatic carbocycles. The number of aromatic amines is 1. The SMILES string of the molecule is N[C@@H](Cc1c[nH]c2ccc(OP(=O)(O)OP(=O)(O)OP(=O)(O)O)cc12)C(=O)NCC#Cc1cc([N+](=O)[O-])n([C@H]2C[C@H](O)[C@@H](CO)O2)c1. The van der Waals surface area contributed by atoms with E-state index in [9.17, 15) is 48.6 Å². The van der Waals surface area contributed by atoms with Gasteiger partial charge in [-0.15, -0.1) is 0 Å². The van der Waals surface area contributed by atoms with E-state index in [2.05, 4.69) is 30.8 Å². The van der Waals surface area contributed by atoms with Gasteiger partial charge in [-0.05, 0) is 35.1 Å². The number of aromatic nitrogens is 2. The average Bonchev–Trinajstić information content (AvgIpc) is 3.65. The number of phosphoric acid groups is 3. The van der Waals surface area contributed by atoms with Crippen LogP contribution in [0, 0.1) is 22.0 Å². The van der Waals surface area contributed by atoms with E-state index in [1.54, 1.807) is 0 Å². The lowest BCUT2D eigenvalue weighted by atomic mass is 10.0. The summed E-state index contributed by atoms with van der Waals surface area (Å²) in [4.78, 5) is 62.8. The average molecular weight is 723 g/mol. The first-order valence-electron chi connectivity index (χ1n) is 13.1. The fourth-order valence-corrected chi connectivity index (χ4v) is 7.53. The summed E-state index contributed by atoms with van der Waals surface area (Å²) in [7, 11) is -16.7. The third-order valence-electron chi connectivity index (χ3n) is 6.44. The number of phosphoric ester groups is 1. The van der Waals surface area contributed by atoms with Crippen LogP contribution in [0.25, 0.3) is 10.9 Å². The molecule has 6 atom stereocenters. The summed E-state index contributed by atoms with van der Waals surface area (Å²) in [6, 6.07) is 3.85. The molecule has 1 aliphatic heterocycles. The number of hydrogen-bond donors (Lipinski definition) is 9. The minimum atomic E-state index is -5.72. The lowest BCUT2D eigenvalue weighted by molar-refractivity contribution is -0.393. The number of aliphatic hydroxyl groups is 2. The Hall–Kier alpha value is -3.44. The molecule has 24 heteroatoms. The number of aliphatic hydroxyl groups excluding tert-OH is 2. The van der Waals surface area contributed by atoms with Crippen molar-refractivity contribution in [3.8, 4) is 17.6 Å². The monoisotopic (exact) mass is 723 g/mol. The van der Waals surface area contributed by atoms with Crippen LogP contribution in [0.2, 0.25) is 0 Å². The fourth-order valence-electron chi connectivity index (χ4n) is 4.51. The van der Waals surface area contributed by atoms with Gasteiger partial charge in [0.2, 0.25) is 12.1 Å². The van der Waals surface area contributed by atoms with E-state index in [0.717, 1.165) is 0 Å². The first kappa shape index (κ1) is 36.4. The van der Waals surface area contributed by atoms with Crippen LogP contribution in [0.4, 0.5) is 5.82 Å². The molecule has 0 bridgehead atoms. The van der Waals surface area contributed by atoms with Gasteiger partial charge < -0.3 is 60.3 Å². The molecule has 3 aromatic rings. The lowest BCUT2D eigenvalue weighted by Gasteiger charge is -2.16. The van der Waals surface area contributed by atoms with Crippen LogP contribution in [-0.2, 0) is 38.3 Å². The van der Waals surface area contributed by atoms with Crippen LogP contribution in [0.3, 0.4) is 0 Å². The lowest BCUT2D eigenvalue weighted by Crippen LogP contribution is -2.42. The second-order valence-electron chi connectivity index (χ2n) is 9.90. The van der Waals surface area contributed by atoms with Crippen molar-refractivity contribution < 1.29 is 71.1 Å². The third kappa shape index (κ3) is 9.79. The Morgan fingerprint density at radius 2 is 1.94 bits per heavy atom. The first-order valence-corrected chi connectivity index (χ1v) is 17.6. The molecule has 2 aromatic heterocycles. The fraction of sp³-hybridized carbons (Fsp3) is 0.348. The van der Waals surface area contributed by atoms with Crippen molar-refractivity contribution in [3.63, 3.8) is 0 Å². The Balaban J connectivity index is 1.37. The maximum absolute atomic E-state index is 12.6. The zero-order valence-electron chi connectivity index (χ0n) is 23.7. The van der Waals surface area contributed by atoms with E-state index in [1.807, 2.05) is 0 Å². The highest BCUT2D eigenvalue weighted by atomic mass is 31.3. The number of H-pyrrole nitrogens is 1. The highest BCUT2D eigenvalue weighted by Crippen LogP contribution is 2.66. The Morgan fingerprint density at radius 1 is 1.21 bits per heavy atom. The molecular weight excluding hydrogens is 695 g/mol. The molecule has 1 aliphatic rings. The zero-order chi connectivity index (χ0) is 34.7. The second kappa shape index (κ2) is 14.4. The summed E-state index contributed by atoms with van der Waals surface area (Å²) in [5.41, 5.74) is 7.18. The van der Waals surface area contributed by atoms with Gasteiger partial charge in [0.1, 0.15) is 18.1 Å². The minimum Gasteiger partial charge on any atom is -0.404 e. The van der Waals surface area contributed by atoms with Crippen molar-refractivity contribution in [2.24, 2.45) is 5.73 Å². The van der Waals surface area contributed by atoms with E-state index in [1.165, 1.54) is 41.2 Å². The number of benzene rings is 1. The Morgan fingerprint density at radius 3 is 2.57 bits per heavy atom. The van der Waals surface area contributed by atoms with Crippen molar-refractivity contribution in [2.75, 3.05) is 13.2 Å². The van der Waals surface area contributed by atoms with Crippen molar-refractivity contribution >= 4 is 46.1 Å². The van der Waals surface area contributed by atoms with Gasteiger partial charge in [0.15, 0.2) is 0 Å². The highest BCUT2D eigenvalue weighted by molar-refractivity contribution is 7.66. The molecule has 21 nitrogen and oxygen atoms in total. The van der Waals surface area contributed by atoms with Gasteiger partial charge in [-0.1, -0.05) is 11.8 Å². The number of carbonyl (C=O) groups excluding carboxylic acids is 1. The van der Waals surface area contributed by atoms with Gasteiger partial charge in [-0.2, -0.15) is 8.62 Å². The molecule has 1 amide bonds. The van der Waals surface area contributed by atoms with E-state index in [-0.39, 0.29) is 36.5 Å².